The number of benzene rings is 1. The second kappa shape index (κ2) is 8.09. The molecule has 150 valence electrons. The number of carboxylic acid groups (broad SMARTS) is 1. The monoisotopic (exact) mass is 384 g/mol. The molecular weight excluding hydrogens is 357 g/mol. The maximum absolute atomic E-state index is 13.2. The van der Waals surface area contributed by atoms with Crippen LogP contribution < -0.4 is 0 Å². The van der Waals surface area contributed by atoms with Gasteiger partial charge in [-0.25, -0.2) is 4.79 Å². The van der Waals surface area contributed by atoms with Gasteiger partial charge in [-0.05, 0) is 75.2 Å². The molecule has 0 bridgehead atoms. The highest BCUT2D eigenvalue weighted by Gasteiger charge is 2.39. The predicted molar refractivity (Wildman–Crippen MR) is 96.9 cm³/mol. The minimum atomic E-state index is -4.37. The molecule has 3 rings (SSSR count). The molecule has 2 heterocycles. The summed E-state index contributed by atoms with van der Waals surface area (Å²) in [5.74, 6) is 0. The number of rotatable bonds is 5. The number of likely N-dealkylation sites (tertiary alicyclic amines) is 2. The Morgan fingerprint density at radius 1 is 1.11 bits per heavy atom. The van der Waals surface area contributed by atoms with Gasteiger partial charge in [-0.2, -0.15) is 13.2 Å². The molecule has 2 saturated heterocycles. The van der Waals surface area contributed by atoms with Crippen LogP contribution in [0.4, 0.5) is 18.0 Å². The van der Waals surface area contributed by atoms with Crippen LogP contribution in [0.15, 0.2) is 24.3 Å². The third-order valence-electron chi connectivity index (χ3n) is 6.12. The molecule has 27 heavy (non-hydrogen) atoms. The first-order valence-electron chi connectivity index (χ1n) is 9.68. The third-order valence-corrected chi connectivity index (χ3v) is 6.12. The maximum Gasteiger partial charge on any atom is 0.416 e. The summed E-state index contributed by atoms with van der Waals surface area (Å²) in [4.78, 5) is 15.0. The molecule has 2 fully saturated rings. The molecule has 1 amide bonds. The van der Waals surface area contributed by atoms with Crippen molar-refractivity contribution in [3.8, 4) is 0 Å². The van der Waals surface area contributed by atoms with E-state index in [4.69, 9.17) is 0 Å². The van der Waals surface area contributed by atoms with Gasteiger partial charge in [0.15, 0.2) is 0 Å². The summed E-state index contributed by atoms with van der Waals surface area (Å²) >= 11 is 0. The van der Waals surface area contributed by atoms with Crippen molar-refractivity contribution in [2.24, 2.45) is 0 Å². The molecule has 2 aliphatic rings. The van der Waals surface area contributed by atoms with E-state index < -0.39 is 17.8 Å². The largest absolute Gasteiger partial charge is 0.465 e. The number of amides is 1. The van der Waals surface area contributed by atoms with Gasteiger partial charge in [-0.1, -0.05) is 18.2 Å². The second-order valence-electron chi connectivity index (χ2n) is 7.78. The molecular formula is C20H27F3N2O2. The van der Waals surface area contributed by atoms with E-state index in [9.17, 15) is 23.1 Å². The van der Waals surface area contributed by atoms with E-state index in [0.717, 1.165) is 38.5 Å². The average molecular weight is 384 g/mol. The molecule has 4 nitrogen and oxygen atoms in total. The highest BCUT2D eigenvalue weighted by Crippen LogP contribution is 2.42. The Balaban J connectivity index is 1.78. The first-order valence-corrected chi connectivity index (χ1v) is 9.68. The van der Waals surface area contributed by atoms with Gasteiger partial charge in [-0.15, -0.1) is 0 Å². The number of nitrogens with zero attached hydrogens (tertiary/aromatic N) is 2. The van der Waals surface area contributed by atoms with Gasteiger partial charge >= 0.3 is 12.3 Å². The van der Waals surface area contributed by atoms with Crippen molar-refractivity contribution in [1.29, 1.82) is 0 Å². The fourth-order valence-corrected chi connectivity index (χ4v) is 4.48. The lowest BCUT2D eigenvalue weighted by Gasteiger charge is -2.42. The average Bonchev–Trinajstić information content (AvgIpc) is 3.15. The minimum Gasteiger partial charge on any atom is -0.465 e. The zero-order valence-corrected chi connectivity index (χ0v) is 15.5. The van der Waals surface area contributed by atoms with E-state index in [-0.39, 0.29) is 5.41 Å². The summed E-state index contributed by atoms with van der Waals surface area (Å²) in [6, 6.07) is 5.63. The Morgan fingerprint density at radius 3 is 2.37 bits per heavy atom. The Morgan fingerprint density at radius 2 is 1.78 bits per heavy atom. The molecule has 2 aliphatic heterocycles. The molecule has 0 atom stereocenters. The van der Waals surface area contributed by atoms with Crippen molar-refractivity contribution in [3.63, 3.8) is 0 Å². The van der Waals surface area contributed by atoms with E-state index in [1.807, 2.05) is 0 Å². The van der Waals surface area contributed by atoms with Crippen molar-refractivity contribution < 1.29 is 23.1 Å². The number of alkyl halides is 3. The second-order valence-corrected chi connectivity index (χ2v) is 7.78. The van der Waals surface area contributed by atoms with Crippen LogP contribution in [0.2, 0.25) is 0 Å². The van der Waals surface area contributed by atoms with Crippen molar-refractivity contribution >= 4 is 6.09 Å². The van der Waals surface area contributed by atoms with Crippen molar-refractivity contribution in [2.75, 3.05) is 32.7 Å². The Bertz CT molecular complexity index is 649. The zero-order chi connectivity index (χ0) is 19.5. The number of piperidine rings is 1. The molecule has 0 unspecified atom stereocenters. The molecule has 1 aromatic carbocycles. The van der Waals surface area contributed by atoms with E-state index in [1.165, 1.54) is 29.9 Å². The molecule has 0 aliphatic carbocycles. The highest BCUT2D eigenvalue weighted by molar-refractivity contribution is 5.65. The number of hydrogen-bond donors (Lipinski definition) is 1. The molecule has 0 aromatic heterocycles. The van der Waals surface area contributed by atoms with Crippen LogP contribution >= 0.6 is 0 Å². The van der Waals surface area contributed by atoms with Gasteiger partial charge in [0, 0.05) is 13.1 Å². The summed E-state index contributed by atoms with van der Waals surface area (Å²) < 4.78 is 39.6. The van der Waals surface area contributed by atoms with Gasteiger partial charge in [0.1, 0.15) is 0 Å². The first-order chi connectivity index (χ1) is 12.8. The lowest BCUT2D eigenvalue weighted by Crippen LogP contribution is -2.45. The smallest absolute Gasteiger partial charge is 0.416 e. The quantitative estimate of drug-likeness (QED) is 0.807. The third kappa shape index (κ3) is 4.75. The zero-order valence-electron chi connectivity index (χ0n) is 15.5. The Labute approximate surface area is 158 Å². The van der Waals surface area contributed by atoms with Crippen LogP contribution in [0, 0.1) is 0 Å². The van der Waals surface area contributed by atoms with Crippen molar-refractivity contribution in [2.45, 2.75) is 50.1 Å². The summed E-state index contributed by atoms with van der Waals surface area (Å²) in [6.07, 6.45) is -0.0413. The van der Waals surface area contributed by atoms with E-state index >= 15 is 0 Å². The number of carbonyl (C=O) groups is 1. The van der Waals surface area contributed by atoms with Gasteiger partial charge in [0.2, 0.25) is 0 Å². The lowest BCUT2D eigenvalue weighted by atomic mass is 9.69. The van der Waals surface area contributed by atoms with Crippen molar-refractivity contribution in [1.82, 2.24) is 9.80 Å². The van der Waals surface area contributed by atoms with Crippen LogP contribution in [-0.4, -0.2) is 53.7 Å². The molecule has 1 N–H and O–H groups in total. The van der Waals surface area contributed by atoms with Crippen LogP contribution in [-0.2, 0) is 11.6 Å². The van der Waals surface area contributed by atoms with Crippen molar-refractivity contribution in [3.05, 3.63) is 35.4 Å². The van der Waals surface area contributed by atoms with Gasteiger partial charge in [0.05, 0.1) is 5.56 Å². The maximum atomic E-state index is 13.2. The summed E-state index contributed by atoms with van der Waals surface area (Å²) in [5, 5.41) is 9.22. The normalized spacial score (nSPS) is 20.8. The Hall–Kier alpha value is -1.76. The molecule has 0 spiro atoms. The molecule has 0 saturated carbocycles. The van der Waals surface area contributed by atoms with E-state index in [1.54, 1.807) is 6.07 Å². The Kier molecular flexibility index (Phi) is 5.99. The SMILES string of the molecule is O=C(O)N1CCC(CCCN2CCCC2)(c2cccc(C(F)(F)F)c2)CC1. The van der Waals surface area contributed by atoms with Gasteiger partial charge in [0.25, 0.3) is 0 Å². The van der Waals surface area contributed by atoms with Crippen LogP contribution in [0.25, 0.3) is 0 Å². The molecule has 7 heteroatoms. The summed E-state index contributed by atoms with van der Waals surface area (Å²) in [7, 11) is 0. The number of halogens is 3. The fourth-order valence-electron chi connectivity index (χ4n) is 4.48. The van der Waals surface area contributed by atoms with E-state index in [0.29, 0.717) is 31.5 Å². The fraction of sp³-hybridized carbons (Fsp3) is 0.650. The number of hydrogen-bond acceptors (Lipinski definition) is 2. The highest BCUT2D eigenvalue weighted by atomic mass is 19.4. The first kappa shape index (κ1) is 20.0. The van der Waals surface area contributed by atoms with E-state index in [2.05, 4.69) is 4.90 Å². The summed E-state index contributed by atoms with van der Waals surface area (Å²) in [6.45, 7) is 3.90. The lowest BCUT2D eigenvalue weighted by molar-refractivity contribution is -0.137. The van der Waals surface area contributed by atoms with Gasteiger partial charge < -0.3 is 14.9 Å². The van der Waals surface area contributed by atoms with Crippen LogP contribution in [0.1, 0.15) is 49.7 Å². The molecule has 0 radical (unpaired) electrons. The minimum absolute atomic E-state index is 0.370. The summed E-state index contributed by atoms with van der Waals surface area (Å²) in [5.41, 5.74) is -0.309. The standard InChI is InChI=1S/C20H27F3N2O2/c21-20(22,23)17-6-3-5-16(15-17)19(7-4-12-24-10-1-2-11-24)8-13-25(14-9-19)18(26)27/h3,5-6,15H,1-2,4,7-14H2,(H,26,27). The molecule has 1 aromatic rings. The topological polar surface area (TPSA) is 43.8 Å². The van der Waals surface area contributed by atoms with Gasteiger partial charge in [-0.3, -0.25) is 0 Å². The van der Waals surface area contributed by atoms with Crippen LogP contribution in [0.5, 0.6) is 0 Å². The van der Waals surface area contributed by atoms with Crippen LogP contribution in [0.3, 0.4) is 0 Å². The predicted octanol–water partition coefficient (Wildman–Crippen LogP) is 4.59.